The van der Waals surface area contributed by atoms with Crippen LogP contribution in [0.3, 0.4) is 0 Å². The van der Waals surface area contributed by atoms with Crippen LogP contribution >= 0.6 is 0 Å². The Morgan fingerprint density at radius 1 is 1.21 bits per heavy atom. The molecule has 0 aromatic rings. The molecule has 2 rings (SSSR count). The smallest absolute Gasteiger partial charge is 0.237 e. The first-order valence-corrected chi connectivity index (χ1v) is 7.79. The number of hydrogen-bond donors (Lipinski definition) is 2. The Balaban J connectivity index is 1.92. The van der Waals surface area contributed by atoms with Crippen molar-refractivity contribution in [3.8, 4) is 0 Å². The molecule has 2 fully saturated rings. The van der Waals surface area contributed by atoms with Crippen molar-refractivity contribution in [3.05, 3.63) is 0 Å². The van der Waals surface area contributed by atoms with Crippen molar-refractivity contribution in [1.29, 1.82) is 0 Å². The van der Waals surface area contributed by atoms with Crippen molar-refractivity contribution in [2.45, 2.75) is 76.4 Å². The molecule has 4 nitrogen and oxygen atoms in total. The minimum Gasteiger partial charge on any atom is -0.368 e. The van der Waals surface area contributed by atoms with Gasteiger partial charge in [0.05, 0.1) is 5.54 Å². The number of piperidine rings is 1. The van der Waals surface area contributed by atoms with E-state index in [1.807, 2.05) is 0 Å². The molecular weight excluding hydrogens is 238 g/mol. The van der Waals surface area contributed by atoms with Crippen LogP contribution in [0.1, 0.15) is 58.8 Å². The van der Waals surface area contributed by atoms with Crippen molar-refractivity contribution in [1.82, 2.24) is 4.90 Å². The first kappa shape index (κ1) is 14.8. The van der Waals surface area contributed by atoms with E-state index < -0.39 is 5.54 Å². The lowest BCUT2D eigenvalue weighted by Crippen LogP contribution is -2.55. The van der Waals surface area contributed by atoms with Crippen LogP contribution in [0.4, 0.5) is 0 Å². The molecule has 4 heteroatoms. The van der Waals surface area contributed by atoms with Crippen LogP contribution in [0.25, 0.3) is 0 Å². The van der Waals surface area contributed by atoms with Gasteiger partial charge < -0.3 is 11.5 Å². The molecule has 110 valence electrons. The van der Waals surface area contributed by atoms with Crippen molar-refractivity contribution in [3.63, 3.8) is 0 Å². The van der Waals surface area contributed by atoms with Gasteiger partial charge in [0.1, 0.15) is 0 Å². The quantitative estimate of drug-likeness (QED) is 0.813. The van der Waals surface area contributed by atoms with Crippen LogP contribution in [-0.4, -0.2) is 35.0 Å². The van der Waals surface area contributed by atoms with Gasteiger partial charge in [-0.2, -0.15) is 0 Å². The van der Waals surface area contributed by atoms with Gasteiger partial charge in [-0.25, -0.2) is 0 Å². The largest absolute Gasteiger partial charge is 0.368 e. The van der Waals surface area contributed by atoms with Gasteiger partial charge in [0.15, 0.2) is 0 Å². The third kappa shape index (κ3) is 2.95. The van der Waals surface area contributed by atoms with E-state index in [0.717, 1.165) is 32.2 Å². The summed E-state index contributed by atoms with van der Waals surface area (Å²) in [5.41, 5.74) is 11.0. The van der Waals surface area contributed by atoms with Crippen LogP contribution in [0.5, 0.6) is 0 Å². The van der Waals surface area contributed by atoms with Gasteiger partial charge in [0.25, 0.3) is 0 Å². The Morgan fingerprint density at radius 2 is 1.84 bits per heavy atom. The molecule has 1 aliphatic heterocycles. The Labute approximate surface area is 116 Å². The van der Waals surface area contributed by atoms with Crippen LogP contribution in [0.15, 0.2) is 0 Å². The molecule has 2 aliphatic rings. The maximum absolute atomic E-state index is 11.6. The normalized spacial score (nSPS) is 40.5. The van der Waals surface area contributed by atoms with Crippen LogP contribution in [-0.2, 0) is 4.79 Å². The van der Waals surface area contributed by atoms with E-state index in [4.69, 9.17) is 11.5 Å². The van der Waals surface area contributed by atoms with Gasteiger partial charge in [-0.15, -0.1) is 0 Å². The minimum absolute atomic E-state index is 0.270. The van der Waals surface area contributed by atoms with Crippen molar-refractivity contribution in [2.24, 2.45) is 17.4 Å². The zero-order valence-corrected chi connectivity index (χ0v) is 12.4. The van der Waals surface area contributed by atoms with E-state index in [9.17, 15) is 4.79 Å². The maximum Gasteiger partial charge on any atom is 0.237 e. The lowest BCUT2D eigenvalue weighted by atomic mass is 9.84. The van der Waals surface area contributed by atoms with Gasteiger partial charge >= 0.3 is 0 Å². The Morgan fingerprint density at radius 3 is 2.42 bits per heavy atom. The third-order valence-corrected chi connectivity index (χ3v) is 5.44. The second-order valence-electron chi connectivity index (χ2n) is 6.65. The number of nitrogens with zero attached hydrogens (tertiary/aromatic N) is 1. The highest BCUT2D eigenvalue weighted by atomic mass is 16.1. The van der Waals surface area contributed by atoms with Gasteiger partial charge in [-0.3, -0.25) is 9.69 Å². The average Bonchev–Trinajstić information content (AvgIpc) is 2.72. The first-order valence-electron chi connectivity index (χ1n) is 7.79. The molecule has 1 heterocycles. The van der Waals surface area contributed by atoms with Gasteiger partial charge in [-0.05, 0) is 58.4 Å². The van der Waals surface area contributed by atoms with E-state index in [2.05, 4.69) is 18.7 Å². The number of carbonyl (C=O) groups is 1. The molecule has 1 aliphatic carbocycles. The lowest BCUT2D eigenvalue weighted by molar-refractivity contribution is -0.124. The molecule has 1 amide bonds. The molecule has 4 N–H and O–H groups in total. The topological polar surface area (TPSA) is 72.3 Å². The number of amides is 1. The number of primary amides is 1. The van der Waals surface area contributed by atoms with Gasteiger partial charge in [-0.1, -0.05) is 12.8 Å². The standard InChI is InChI=1S/C15H29N3O/c1-11-5-3-6-12(2)18(11)10-8-13-7-4-9-15(13,17)14(16)19/h11-13H,3-10,17H2,1-2H3,(H2,16,19)/t11-,12+,13?,15?. The summed E-state index contributed by atoms with van der Waals surface area (Å²) < 4.78 is 0. The van der Waals surface area contributed by atoms with Crippen LogP contribution in [0.2, 0.25) is 0 Å². The average molecular weight is 267 g/mol. The number of hydrogen-bond acceptors (Lipinski definition) is 3. The number of likely N-dealkylation sites (tertiary alicyclic amines) is 1. The summed E-state index contributed by atoms with van der Waals surface area (Å²) >= 11 is 0. The number of carbonyl (C=O) groups excluding carboxylic acids is 1. The Bertz CT molecular complexity index is 323. The Kier molecular flexibility index (Phi) is 4.51. The molecular formula is C15H29N3O. The molecule has 0 aromatic heterocycles. The van der Waals surface area contributed by atoms with Gasteiger partial charge in [0, 0.05) is 12.1 Å². The zero-order chi connectivity index (χ0) is 14.0. The second kappa shape index (κ2) is 5.80. The number of rotatable bonds is 4. The summed E-state index contributed by atoms with van der Waals surface area (Å²) in [5, 5.41) is 0. The highest BCUT2D eigenvalue weighted by Gasteiger charge is 2.44. The predicted octanol–water partition coefficient (Wildman–Crippen LogP) is 1.62. The molecule has 0 bridgehead atoms. The zero-order valence-electron chi connectivity index (χ0n) is 12.4. The van der Waals surface area contributed by atoms with Crippen molar-refractivity contribution in [2.75, 3.05) is 6.54 Å². The van der Waals surface area contributed by atoms with E-state index in [-0.39, 0.29) is 11.8 Å². The molecule has 0 spiro atoms. The summed E-state index contributed by atoms with van der Waals surface area (Å²) in [4.78, 5) is 14.2. The van der Waals surface area contributed by atoms with E-state index >= 15 is 0 Å². The second-order valence-corrected chi connectivity index (χ2v) is 6.65. The summed E-state index contributed by atoms with van der Waals surface area (Å²) in [7, 11) is 0. The molecule has 0 radical (unpaired) electrons. The monoisotopic (exact) mass is 267 g/mol. The molecule has 0 aromatic carbocycles. The molecule has 2 unspecified atom stereocenters. The predicted molar refractivity (Wildman–Crippen MR) is 77.6 cm³/mol. The highest BCUT2D eigenvalue weighted by molar-refractivity contribution is 5.85. The fourth-order valence-corrected chi connectivity index (χ4v) is 4.05. The van der Waals surface area contributed by atoms with E-state index in [0.29, 0.717) is 12.1 Å². The van der Waals surface area contributed by atoms with E-state index in [1.54, 1.807) is 0 Å². The summed E-state index contributed by atoms with van der Waals surface area (Å²) in [6.45, 7) is 5.68. The SMILES string of the molecule is C[C@@H]1CCC[C@H](C)N1CCC1CCCC1(N)C(N)=O. The molecule has 4 atom stereocenters. The molecule has 19 heavy (non-hydrogen) atoms. The number of nitrogens with two attached hydrogens (primary N) is 2. The molecule has 1 saturated heterocycles. The minimum atomic E-state index is -0.748. The van der Waals surface area contributed by atoms with Crippen LogP contribution in [0, 0.1) is 5.92 Å². The van der Waals surface area contributed by atoms with Crippen molar-refractivity contribution >= 4 is 5.91 Å². The lowest BCUT2D eigenvalue weighted by Gasteiger charge is -2.40. The first-order chi connectivity index (χ1) is 8.95. The van der Waals surface area contributed by atoms with Gasteiger partial charge in [0.2, 0.25) is 5.91 Å². The fraction of sp³-hybridized carbons (Fsp3) is 0.933. The summed E-state index contributed by atoms with van der Waals surface area (Å²) in [6, 6.07) is 1.32. The van der Waals surface area contributed by atoms with Crippen molar-refractivity contribution < 1.29 is 4.79 Å². The molecule has 1 saturated carbocycles. The van der Waals surface area contributed by atoms with Crippen LogP contribution < -0.4 is 11.5 Å². The highest BCUT2D eigenvalue weighted by Crippen LogP contribution is 2.36. The summed E-state index contributed by atoms with van der Waals surface area (Å²) in [5.74, 6) is -0.0407. The maximum atomic E-state index is 11.6. The summed E-state index contributed by atoms with van der Waals surface area (Å²) in [6.07, 6.45) is 7.78. The Hall–Kier alpha value is -0.610. The fourth-order valence-electron chi connectivity index (χ4n) is 4.05. The third-order valence-electron chi connectivity index (χ3n) is 5.44. The van der Waals surface area contributed by atoms with E-state index in [1.165, 1.54) is 19.3 Å².